The number of aromatic nitrogens is 1. The molecule has 0 N–H and O–H groups in total. The molecule has 1 nitrogen and oxygen atoms in total. The van der Waals surface area contributed by atoms with Crippen LogP contribution in [0.3, 0.4) is 0 Å². The van der Waals surface area contributed by atoms with Crippen molar-refractivity contribution in [1.29, 1.82) is 0 Å². The van der Waals surface area contributed by atoms with Crippen molar-refractivity contribution in [2.24, 2.45) is 0 Å². The van der Waals surface area contributed by atoms with Crippen LogP contribution in [-0.2, 0) is 5.41 Å². The van der Waals surface area contributed by atoms with Crippen molar-refractivity contribution in [3.05, 3.63) is 77.7 Å². The maximum absolute atomic E-state index is 4.40. The van der Waals surface area contributed by atoms with E-state index in [4.69, 9.17) is 0 Å². The third-order valence-corrected chi connectivity index (χ3v) is 4.24. The molecule has 1 aromatic heterocycles. The molecule has 2 aromatic rings. The lowest BCUT2D eigenvalue weighted by Gasteiger charge is -2.29. The number of allylic oxidation sites excluding steroid dienone is 4. The van der Waals surface area contributed by atoms with Gasteiger partial charge in [-0.05, 0) is 37.5 Å². The molecule has 1 aromatic carbocycles. The van der Waals surface area contributed by atoms with Gasteiger partial charge >= 0.3 is 0 Å². The van der Waals surface area contributed by atoms with Gasteiger partial charge in [0.25, 0.3) is 0 Å². The number of hydrogen-bond acceptors (Lipinski definition) is 1. The summed E-state index contributed by atoms with van der Waals surface area (Å²) in [7, 11) is 0. The van der Waals surface area contributed by atoms with Crippen molar-refractivity contribution in [3.8, 4) is 11.1 Å². The molecule has 106 valence electrons. The van der Waals surface area contributed by atoms with Crippen molar-refractivity contribution in [3.63, 3.8) is 0 Å². The molecule has 21 heavy (non-hydrogen) atoms. The number of nitrogens with zero attached hydrogens (tertiary/aromatic N) is 1. The molecule has 0 saturated heterocycles. The fourth-order valence-electron chi connectivity index (χ4n) is 2.99. The lowest BCUT2D eigenvalue weighted by Crippen LogP contribution is -2.20. The van der Waals surface area contributed by atoms with Gasteiger partial charge in [-0.25, -0.2) is 0 Å². The van der Waals surface area contributed by atoms with Crippen LogP contribution in [0.4, 0.5) is 0 Å². The third-order valence-electron chi connectivity index (χ3n) is 4.24. The van der Waals surface area contributed by atoms with Crippen molar-refractivity contribution >= 4 is 0 Å². The van der Waals surface area contributed by atoms with Gasteiger partial charge in [0.05, 0.1) is 0 Å². The topological polar surface area (TPSA) is 12.9 Å². The Hall–Kier alpha value is -2.15. The largest absolute Gasteiger partial charge is 0.261 e. The molecule has 1 aliphatic rings. The molecule has 0 aliphatic heterocycles. The SMILES string of the molecule is CC1=CC(C)(c2cccc(-c3ccc(C)nc3)c2)CC=C1. The Morgan fingerprint density at radius 2 is 1.90 bits per heavy atom. The summed E-state index contributed by atoms with van der Waals surface area (Å²) in [6.45, 7) is 6.50. The Bertz CT molecular complexity index is 707. The van der Waals surface area contributed by atoms with E-state index in [0.29, 0.717) is 0 Å². The zero-order valence-corrected chi connectivity index (χ0v) is 12.9. The molecule has 1 aliphatic carbocycles. The van der Waals surface area contributed by atoms with Gasteiger partial charge in [0, 0.05) is 22.9 Å². The number of rotatable bonds is 2. The molecule has 0 fully saturated rings. The van der Waals surface area contributed by atoms with E-state index in [-0.39, 0.29) is 5.41 Å². The van der Waals surface area contributed by atoms with Crippen LogP contribution in [0.2, 0.25) is 0 Å². The van der Waals surface area contributed by atoms with Gasteiger partial charge < -0.3 is 0 Å². The molecule has 0 radical (unpaired) electrons. The predicted octanol–water partition coefficient (Wildman–Crippen LogP) is 5.22. The van der Waals surface area contributed by atoms with Gasteiger partial charge in [0.2, 0.25) is 0 Å². The zero-order chi connectivity index (χ0) is 14.9. The van der Waals surface area contributed by atoms with E-state index in [1.165, 1.54) is 22.3 Å². The summed E-state index contributed by atoms with van der Waals surface area (Å²) in [6.07, 6.45) is 9.86. The summed E-state index contributed by atoms with van der Waals surface area (Å²) >= 11 is 0. The fraction of sp³-hybridized carbons (Fsp3) is 0.250. The first-order valence-electron chi connectivity index (χ1n) is 7.46. The average molecular weight is 275 g/mol. The maximum atomic E-state index is 4.40. The molecule has 1 atom stereocenters. The van der Waals surface area contributed by atoms with Crippen LogP contribution in [-0.4, -0.2) is 4.98 Å². The summed E-state index contributed by atoms with van der Waals surface area (Å²) in [5.41, 5.74) is 6.26. The molecule has 0 spiro atoms. The summed E-state index contributed by atoms with van der Waals surface area (Å²) in [6, 6.07) is 13.1. The monoisotopic (exact) mass is 275 g/mol. The van der Waals surface area contributed by atoms with E-state index in [1.807, 2.05) is 13.1 Å². The van der Waals surface area contributed by atoms with E-state index in [9.17, 15) is 0 Å². The van der Waals surface area contributed by atoms with E-state index in [1.54, 1.807) is 0 Å². The van der Waals surface area contributed by atoms with Gasteiger partial charge in [0.1, 0.15) is 0 Å². The van der Waals surface area contributed by atoms with Crippen molar-refractivity contribution in [1.82, 2.24) is 4.98 Å². The Morgan fingerprint density at radius 3 is 2.62 bits per heavy atom. The summed E-state index contributed by atoms with van der Waals surface area (Å²) in [4.78, 5) is 4.40. The van der Waals surface area contributed by atoms with E-state index < -0.39 is 0 Å². The van der Waals surface area contributed by atoms with Crippen LogP contribution in [0, 0.1) is 6.92 Å². The van der Waals surface area contributed by atoms with Gasteiger partial charge in [-0.15, -0.1) is 0 Å². The van der Waals surface area contributed by atoms with Gasteiger partial charge in [-0.2, -0.15) is 0 Å². The summed E-state index contributed by atoms with van der Waals surface area (Å²) in [5, 5.41) is 0. The van der Waals surface area contributed by atoms with Crippen molar-refractivity contribution < 1.29 is 0 Å². The maximum Gasteiger partial charge on any atom is 0.0373 e. The average Bonchev–Trinajstić information content (AvgIpc) is 2.48. The lowest BCUT2D eigenvalue weighted by atomic mass is 9.75. The normalized spacial score (nSPS) is 21.2. The molecule has 3 rings (SSSR count). The molecular formula is C20H21N. The van der Waals surface area contributed by atoms with E-state index in [2.05, 4.69) is 73.5 Å². The minimum atomic E-state index is 0.0902. The number of benzene rings is 1. The van der Waals surface area contributed by atoms with Crippen LogP contribution in [0.1, 0.15) is 31.5 Å². The summed E-state index contributed by atoms with van der Waals surface area (Å²) < 4.78 is 0. The highest BCUT2D eigenvalue weighted by Gasteiger charge is 2.24. The predicted molar refractivity (Wildman–Crippen MR) is 89.3 cm³/mol. The number of hydrogen-bond donors (Lipinski definition) is 0. The van der Waals surface area contributed by atoms with Crippen LogP contribution < -0.4 is 0 Å². The first-order valence-corrected chi connectivity index (χ1v) is 7.46. The minimum absolute atomic E-state index is 0.0902. The molecule has 0 bridgehead atoms. The van der Waals surface area contributed by atoms with Crippen molar-refractivity contribution in [2.75, 3.05) is 0 Å². The Kier molecular flexibility index (Phi) is 3.50. The highest BCUT2D eigenvalue weighted by Crippen LogP contribution is 2.35. The number of aryl methyl sites for hydroxylation is 1. The zero-order valence-electron chi connectivity index (χ0n) is 12.9. The quantitative estimate of drug-likeness (QED) is 0.732. The van der Waals surface area contributed by atoms with E-state index in [0.717, 1.165) is 12.1 Å². The van der Waals surface area contributed by atoms with Gasteiger partial charge in [-0.1, -0.05) is 61.1 Å². The molecule has 1 heterocycles. The van der Waals surface area contributed by atoms with Gasteiger partial charge in [0.15, 0.2) is 0 Å². The molecule has 1 heteroatoms. The Labute approximate surface area is 127 Å². The lowest BCUT2D eigenvalue weighted by molar-refractivity contribution is 0.595. The number of pyridine rings is 1. The summed E-state index contributed by atoms with van der Waals surface area (Å²) in [5.74, 6) is 0. The second kappa shape index (κ2) is 5.33. The second-order valence-corrected chi connectivity index (χ2v) is 6.18. The van der Waals surface area contributed by atoms with Crippen LogP contribution in [0.15, 0.2) is 66.4 Å². The highest BCUT2D eigenvalue weighted by molar-refractivity contribution is 5.64. The first-order chi connectivity index (χ1) is 10.1. The first kappa shape index (κ1) is 13.8. The Morgan fingerprint density at radius 1 is 1.05 bits per heavy atom. The molecule has 0 saturated carbocycles. The smallest absolute Gasteiger partial charge is 0.0373 e. The molecule has 0 amide bonds. The van der Waals surface area contributed by atoms with Gasteiger partial charge in [-0.3, -0.25) is 4.98 Å². The second-order valence-electron chi connectivity index (χ2n) is 6.18. The molecule has 1 unspecified atom stereocenters. The standard InChI is InChI=1S/C20H21N/c1-15-6-5-11-20(3,13-15)19-8-4-7-17(12-19)18-10-9-16(2)21-14-18/h4-10,12-14H,11H2,1-3H3. The third kappa shape index (κ3) is 2.82. The Balaban J connectivity index is 2.01. The highest BCUT2D eigenvalue weighted by atomic mass is 14.7. The fourth-order valence-corrected chi connectivity index (χ4v) is 2.99. The minimum Gasteiger partial charge on any atom is -0.261 e. The van der Waals surface area contributed by atoms with Crippen LogP contribution >= 0.6 is 0 Å². The van der Waals surface area contributed by atoms with Crippen LogP contribution in [0.25, 0.3) is 11.1 Å². The van der Waals surface area contributed by atoms with Crippen molar-refractivity contribution in [2.45, 2.75) is 32.6 Å². The van der Waals surface area contributed by atoms with E-state index >= 15 is 0 Å². The van der Waals surface area contributed by atoms with Crippen LogP contribution in [0.5, 0.6) is 0 Å². The molecular weight excluding hydrogens is 254 g/mol.